The first-order chi connectivity index (χ1) is 12.7. The second kappa shape index (κ2) is 9.87. The fourth-order valence-corrected chi connectivity index (χ4v) is 5.41. The lowest BCUT2D eigenvalue weighted by atomic mass is 9.66. The number of aliphatic hydroxyl groups is 2. The highest BCUT2D eigenvalue weighted by Crippen LogP contribution is 2.42. The van der Waals surface area contributed by atoms with Gasteiger partial charge in [0.15, 0.2) is 0 Å². The lowest BCUT2D eigenvalue weighted by Gasteiger charge is -2.44. The summed E-state index contributed by atoms with van der Waals surface area (Å²) in [5.41, 5.74) is 0. The van der Waals surface area contributed by atoms with Crippen molar-refractivity contribution in [3.8, 4) is 0 Å². The van der Waals surface area contributed by atoms with Crippen molar-refractivity contribution in [1.82, 2.24) is 10.6 Å². The molecular weight excluding hydrogens is 344 g/mol. The molecule has 0 saturated heterocycles. The Morgan fingerprint density at radius 3 is 1.41 bits per heavy atom. The van der Waals surface area contributed by atoms with Crippen molar-refractivity contribution < 1.29 is 19.8 Å². The molecule has 0 aromatic rings. The summed E-state index contributed by atoms with van der Waals surface area (Å²) in [6, 6.07) is 0. The van der Waals surface area contributed by atoms with Gasteiger partial charge in [-0.25, -0.2) is 0 Å². The summed E-state index contributed by atoms with van der Waals surface area (Å²) in [7, 11) is 0. The van der Waals surface area contributed by atoms with Crippen molar-refractivity contribution >= 4 is 11.8 Å². The highest BCUT2D eigenvalue weighted by molar-refractivity contribution is 5.73. The van der Waals surface area contributed by atoms with E-state index in [4.69, 9.17) is 0 Å². The van der Waals surface area contributed by atoms with E-state index < -0.39 is 12.2 Å². The van der Waals surface area contributed by atoms with E-state index in [1.165, 1.54) is 13.8 Å². The number of nitrogens with one attached hydrogen (secondary N) is 2. The Kier molecular flexibility index (Phi) is 8.10. The van der Waals surface area contributed by atoms with Crippen molar-refractivity contribution in [3.63, 3.8) is 0 Å². The van der Waals surface area contributed by atoms with Crippen molar-refractivity contribution in [2.75, 3.05) is 13.1 Å². The van der Waals surface area contributed by atoms with Crippen LogP contribution < -0.4 is 10.6 Å². The molecule has 0 radical (unpaired) electrons. The molecule has 2 fully saturated rings. The van der Waals surface area contributed by atoms with Gasteiger partial charge in [-0.3, -0.25) is 9.59 Å². The SMILES string of the molecule is CC(=O)NCC1CC(C)CC(CC2CC(C)CC(CNC(C)=O)C2O)C1O. The predicted octanol–water partition coefficient (Wildman–Crippen LogP) is 1.70. The zero-order valence-corrected chi connectivity index (χ0v) is 17.3. The molecule has 2 saturated carbocycles. The zero-order valence-electron chi connectivity index (χ0n) is 17.3. The predicted molar refractivity (Wildman–Crippen MR) is 105 cm³/mol. The maximum absolute atomic E-state index is 11.2. The maximum atomic E-state index is 11.2. The molecule has 2 amide bonds. The first-order valence-electron chi connectivity index (χ1n) is 10.5. The molecule has 27 heavy (non-hydrogen) atoms. The van der Waals surface area contributed by atoms with E-state index in [9.17, 15) is 19.8 Å². The molecule has 2 rings (SSSR count). The molecule has 0 bridgehead atoms. The standard InChI is InChI=1S/C21H38N2O4/c1-12-5-16(20(26)18(7-12)10-22-14(3)24)9-17-6-13(2)8-19(21(17)27)11-23-15(4)25/h12-13,16-21,26-27H,5-11H2,1-4H3,(H,22,24)(H,23,25). The van der Waals surface area contributed by atoms with Gasteiger partial charge in [-0.15, -0.1) is 0 Å². The molecule has 8 unspecified atom stereocenters. The fraction of sp³-hybridized carbons (Fsp3) is 0.905. The van der Waals surface area contributed by atoms with Crippen LogP contribution in [-0.4, -0.2) is 47.3 Å². The molecule has 0 heterocycles. The normalized spacial score (nSPS) is 39.6. The van der Waals surface area contributed by atoms with E-state index in [1.54, 1.807) is 0 Å². The summed E-state index contributed by atoms with van der Waals surface area (Å²) in [6.45, 7) is 8.47. The molecule has 0 aromatic carbocycles. The number of hydrogen-bond acceptors (Lipinski definition) is 4. The summed E-state index contributed by atoms with van der Waals surface area (Å²) in [6.07, 6.45) is 3.71. The Labute approximate surface area is 163 Å². The van der Waals surface area contributed by atoms with E-state index in [0.29, 0.717) is 24.9 Å². The lowest BCUT2D eigenvalue weighted by Crippen LogP contribution is -2.46. The van der Waals surface area contributed by atoms with Crippen LogP contribution in [0.2, 0.25) is 0 Å². The average molecular weight is 383 g/mol. The van der Waals surface area contributed by atoms with Gasteiger partial charge in [0.1, 0.15) is 0 Å². The number of carbonyl (C=O) groups excluding carboxylic acids is 2. The van der Waals surface area contributed by atoms with Gasteiger partial charge < -0.3 is 20.8 Å². The quantitative estimate of drug-likeness (QED) is 0.562. The minimum absolute atomic E-state index is 0.0608. The van der Waals surface area contributed by atoms with E-state index in [0.717, 1.165) is 32.1 Å². The molecule has 8 atom stereocenters. The maximum Gasteiger partial charge on any atom is 0.216 e. The van der Waals surface area contributed by atoms with Gasteiger partial charge in [0.2, 0.25) is 11.8 Å². The van der Waals surface area contributed by atoms with Crippen LogP contribution in [0.3, 0.4) is 0 Å². The number of rotatable bonds is 6. The zero-order chi connectivity index (χ0) is 20.1. The number of amides is 2. The van der Waals surface area contributed by atoms with Crippen LogP contribution in [0.5, 0.6) is 0 Å². The Hall–Kier alpha value is -1.14. The Morgan fingerprint density at radius 2 is 1.07 bits per heavy atom. The van der Waals surface area contributed by atoms with Crippen molar-refractivity contribution in [2.45, 2.75) is 72.0 Å². The Morgan fingerprint density at radius 1 is 0.741 bits per heavy atom. The smallest absolute Gasteiger partial charge is 0.216 e. The van der Waals surface area contributed by atoms with Gasteiger partial charge >= 0.3 is 0 Å². The van der Waals surface area contributed by atoms with E-state index in [-0.39, 0.29) is 35.5 Å². The van der Waals surface area contributed by atoms with Crippen LogP contribution in [0.1, 0.15) is 59.8 Å². The van der Waals surface area contributed by atoms with Crippen molar-refractivity contribution in [2.24, 2.45) is 35.5 Å². The molecule has 156 valence electrons. The third-order valence-electron chi connectivity index (χ3n) is 6.58. The number of carbonyl (C=O) groups is 2. The van der Waals surface area contributed by atoms with Crippen molar-refractivity contribution in [1.29, 1.82) is 0 Å². The molecule has 0 spiro atoms. The molecule has 6 nitrogen and oxygen atoms in total. The Balaban J connectivity index is 1.99. The van der Waals surface area contributed by atoms with Gasteiger partial charge in [0, 0.05) is 38.8 Å². The molecule has 2 aliphatic rings. The third-order valence-corrected chi connectivity index (χ3v) is 6.58. The first kappa shape index (κ1) is 22.2. The summed E-state index contributed by atoms with van der Waals surface area (Å²) in [5, 5.41) is 27.5. The van der Waals surface area contributed by atoms with E-state index >= 15 is 0 Å². The third kappa shape index (κ3) is 6.46. The van der Waals surface area contributed by atoms with Crippen LogP contribution in [0.15, 0.2) is 0 Å². The monoisotopic (exact) mass is 382 g/mol. The molecular formula is C21H38N2O4. The van der Waals surface area contributed by atoms with Crippen molar-refractivity contribution in [3.05, 3.63) is 0 Å². The topological polar surface area (TPSA) is 98.7 Å². The van der Waals surface area contributed by atoms with Crippen LogP contribution in [0.25, 0.3) is 0 Å². The molecule has 0 aromatic heterocycles. The highest BCUT2D eigenvalue weighted by atomic mass is 16.3. The lowest BCUT2D eigenvalue weighted by molar-refractivity contribution is -0.120. The summed E-state index contributed by atoms with van der Waals surface area (Å²) < 4.78 is 0. The minimum Gasteiger partial charge on any atom is -0.392 e. The molecule has 0 aliphatic heterocycles. The van der Waals surface area contributed by atoms with Gasteiger partial charge in [0.05, 0.1) is 12.2 Å². The van der Waals surface area contributed by atoms with Crippen LogP contribution >= 0.6 is 0 Å². The molecule has 2 aliphatic carbocycles. The summed E-state index contributed by atoms with van der Waals surface area (Å²) >= 11 is 0. The van der Waals surface area contributed by atoms with Gasteiger partial charge in [-0.1, -0.05) is 13.8 Å². The Bertz CT molecular complexity index is 468. The summed E-state index contributed by atoms with van der Waals surface area (Å²) in [5.74, 6) is 1.35. The second-order valence-corrected chi connectivity index (χ2v) is 9.28. The molecule has 6 heteroatoms. The fourth-order valence-electron chi connectivity index (χ4n) is 5.41. The van der Waals surface area contributed by atoms with Gasteiger partial charge in [-0.2, -0.15) is 0 Å². The van der Waals surface area contributed by atoms with Gasteiger partial charge in [-0.05, 0) is 55.8 Å². The minimum atomic E-state index is -0.439. The first-order valence-corrected chi connectivity index (χ1v) is 10.5. The van der Waals surface area contributed by atoms with Crippen LogP contribution in [0.4, 0.5) is 0 Å². The summed E-state index contributed by atoms with van der Waals surface area (Å²) in [4.78, 5) is 22.5. The van der Waals surface area contributed by atoms with Gasteiger partial charge in [0.25, 0.3) is 0 Å². The second-order valence-electron chi connectivity index (χ2n) is 9.28. The van der Waals surface area contributed by atoms with E-state index in [1.807, 2.05) is 0 Å². The van der Waals surface area contributed by atoms with Crippen LogP contribution in [0, 0.1) is 35.5 Å². The highest BCUT2D eigenvalue weighted by Gasteiger charge is 2.41. The van der Waals surface area contributed by atoms with E-state index in [2.05, 4.69) is 24.5 Å². The number of aliphatic hydroxyl groups excluding tert-OH is 2. The average Bonchev–Trinajstić information content (AvgIpc) is 2.57. The number of hydrogen-bond donors (Lipinski definition) is 4. The largest absolute Gasteiger partial charge is 0.392 e. The molecule has 4 N–H and O–H groups in total. The van der Waals surface area contributed by atoms with Crippen LogP contribution in [-0.2, 0) is 9.59 Å².